The summed E-state index contributed by atoms with van der Waals surface area (Å²) in [6.45, 7) is 4.30. The first kappa shape index (κ1) is 15.8. The second kappa shape index (κ2) is 6.64. The predicted molar refractivity (Wildman–Crippen MR) is 90.8 cm³/mol. The van der Waals surface area contributed by atoms with Crippen LogP contribution < -0.4 is 0 Å². The van der Waals surface area contributed by atoms with E-state index in [-0.39, 0.29) is 12.0 Å². The molecule has 1 N–H and O–H groups in total. The molecule has 0 bridgehead atoms. The number of fused-ring (bicyclic) bond motifs is 1. The van der Waals surface area contributed by atoms with Crippen molar-refractivity contribution in [3.63, 3.8) is 0 Å². The fraction of sp³-hybridized carbons (Fsp3) is 0.588. The summed E-state index contributed by atoms with van der Waals surface area (Å²) in [4.78, 5) is 20.0. The monoisotopic (exact) mass is 346 g/mol. The van der Waals surface area contributed by atoms with Crippen LogP contribution in [-0.2, 0) is 22.4 Å². The summed E-state index contributed by atoms with van der Waals surface area (Å²) in [6.07, 6.45) is 2.47. The molecule has 0 spiro atoms. The highest BCUT2D eigenvalue weighted by atomic mass is 32.1. The Morgan fingerprint density at radius 1 is 1.54 bits per heavy atom. The van der Waals surface area contributed by atoms with Crippen molar-refractivity contribution in [3.8, 4) is 0 Å². The lowest BCUT2D eigenvalue weighted by Gasteiger charge is -2.35. The fourth-order valence-electron chi connectivity index (χ4n) is 3.86. The van der Waals surface area contributed by atoms with Gasteiger partial charge in [0.05, 0.1) is 19.1 Å². The third-order valence-corrected chi connectivity index (χ3v) is 5.96. The van der Waals surface area contributed by atoms with E-state index in [1.54, 1.807) is 11.3 Å². The van der Waals surface area contributed by atoms with Gasteiger partial charge in [0.15, 0.2) is 5.82 Å². The van der Waals surface area contributed by atoms with Crippen molar-refractivity contribution in [3.05, 3.63) is 34.0 Å². The highest BCUT2D eigenvalue weighted by Gasteiger charge is 2.42. The van der Waals surface area contributed by atoms with E-state index in [0.29, 0.717) is 18.3 Å². The van der Waals surface area contributed by atoms with Gasteiger partial charge in [-0.2, -0.15) is 5.10 Å². The predicted octanol–water partition coefficient (Wildman–Crippen LogP) is 1.82. The Labute approximate surface area is 145 Å². The number of aromatic nitrogens is 3. The number of nitrogens with zero attached hydrogens (tertiary/aromatic N) is 3. The van der Waals surface area contributed by atoms with Gasteiger partial charge in [0, 0.05) is 30.3 Å². The Bertz CT molecular complexity index is 699. The van der Waals surface area contributed by atoms with Crippen LogP contribution in [0.4, 0.5) is 0 Å². The van der Waals surface area contributed by atoms with Gasteiger partial charge in [-0.05, 0) is 30.7 Å². The Morgan fingerprint density at radius 2 is 2.46 bits per heavy atom. The number of rotatable bonds is 4. The highest BCUT2D eigenvalue weighted by molar-refractivity contribution is 7.10. The average Bonchev–Trinajstić information content (AvgIpc) is 3.30. The number of thiophene rings is 1. The van der Waals surface area contributed by atoms with Crippen LogP contribution in [-0.4, -0.2) is 51.8 Å². The molecule has 7 heteroatoms. The van der Waals surface area contributed by atoms with Gasteiger partial charge in [-0.25, -0.2) is 4.98 Å². The number of aryl methyl sites for hydroxylation is 1. The van der Waals surface area contributed by atoms with Crippen molar-refractivity contribution in [1.29, 1.82) is 0 Å². The number of aromatic amines is 1. The first-order chi connectivity index (χ1) is 11.7. The molecule has 0 aliphatic carbocycles. The molecule has 2 saturated heterocycles. The summed E-state index contributed by atoms with van der Waals surface area (Å²) in [5.41, 5.74) is 0. The van der Waals surface area contributed by atoms with Crippen LogP contribution in [0.5, 0.6) is 0 Å². The molecule has 2 aliphatic heterocycles. The van der Waals surface area contributed by atoms with E-state index in [9.17, 15) is 4.79 Å². The summed E-state index contributed by atoms with van der Waals surface area (Å²) < 4.78 is 6.02. The molecule has 6 nitrogen and oxygen atoms in total. The number of carbonyl (C=O) groups is 1. The van der Waals surface area contributed by atoms with Gasteiger partial charge >= 0.3 is 0 Å². The minimum Gasteiger partial charge on any atom is -0.377 e. The molecule has 4 heterocycles. The summed E-state index contributed by atoms with van der Waals surface area (Å²) in [5.74, 6) is 2.86. The molecule has 2 fully saturated rings. The number of hydrogen-bond donors (Lipinski definition) is 1. The molecule has 128 valence electrons. The van der Waals surface area contributed by atoms with Gasteiger partial charge in [0.1, 0.15) is 5.82 Å². The molecule has 0 saturated carbocycles. The second-order valence-electron chi connectivity index (χ2n) is 6.72. The van der Waals surface area contributed by atoms with Crippen molar-refractivity contribution < 1.29 is 9.53 Å². The van der Waals surface area contributed by atoms with Crippen LogP contribution in [0.1, 0.15) is 22.9 Å². The molecule has 2 aromatic rings. The first-order valence-electron chi connectivity index (χ1n) is 8.48. The topological polar surface area (TPSA) is 71.1 Å². The van der Waals surface area contributed by atoms with Crippen LogP contribution in [0.15, 0.2) is 17.5 Å². The van der Waals surface area contributed by atoms with Gasteiger partial charge in [0.2, 0.25) is 5.91 Å². The van der Waals surface area contributed by atoms with Gasteiger partial charge < -0.3 is 9.64 Å². The van der Waals surface area contributed by atoms with Gasteiger partial charge in [-0.1, -0.05) is 6.07 Å². The van der Waals surface area contributed by atoms with Crippen molar-refractivity contribution >= 4 is 17.2 Å². The number of likely N-dealkylation sites (tertiary alicyclic amines) is 1. The normalized spacial score (nSPS) is 26.5. The first-order valence-corrected chi connectivity index (χ1v) is 9.36. The third-order valence-electron chi connectivity index (χ3n) is 5.08. The highest BCUT2D eigenvalue weighted by Crippen LogP contribution is 2.35. The van der Waals surface area contributed by atoms with E-state index < -0.39 is 0 Å². The summed E-state index contributed by atoms with van der Waals surface area (Å²) in [6, 6.07) is 4.03. The Balaban J connectivity index is 1.34. The summed E-state index contributed by atoms with van der Waals surface area (Å²) in [5, 5.41) is 9.13. The maximum absolute atomic E-state index is 12.5. The SMILES string of the molecule is Cc1nc(C[C@@H]2OC[C@H]3CN(C(=O)Cc4cccs4)CC[C@H]32)n[nH]1. The molecule has 0 unspecified atom stereocenters. The number of ether oxygens (including phenoxy) is 1. The minimum atomic E-state index is 0.180. The number of piperidine rings is 1. The lowest BCUT2D eigenvalue weighted by molar-refractivity contribution is -0.132. The maximum atomic E-state index is 12.5. The van der Waals surface area contributed by atoms with E-state index in [1.165, 1.54) is 0 Å². The second-order valence-corrected chi connectivity index (χ2v) is 7.75. The maximum Gasteiger partial charge on any atom is 0.227 e. The molecule has 4 rings (SSSR count). The molecule has 2 aromatic heterocycles. The Hall–Kier alpha value is -1.73. The van der Waals surface area contributed by atoms with Crippen molar-refractivity contribution in [1.82, 2.24) is 20.1 Å². The van der Waals surface area contributed by atoms with Crippen molar-refractivity contribution in [2.75, 3.05) is 19.7 Å². The molecule has 0 aromatic carbocycles. The zero-order valence-electron chi connectivity index (χ0n) is 13.8. The van der Waals surface area contributed by atoms with Crippen LogP contribution in [0.25, 0.3) is 0 Å². The van der Waals surface area contributed by atoms with E-state index in [0.717, 1.165) is 49.1 Å². The van der Waals surface area contributed by atoms with Gasteiger partial charge in [-0.15, -0.1) is 11.3 Å². The van der Waals surface area contributed by atoms with Crippen LogP contribution >= 0.6 is 11.3 Å². The standard InChI is InChI=1S/C17H22N4O2S/c1-11-18-16(20-19-11)8-15-14-4-5-21(9-12(14)10-23-15)17(22)7-13-3-2-6-24-13/h2-3,6,12,14-15H,4-5,7-10H2,1H3,(H,18,19,20)/t12-,14-,15+/m1/s1. The van der Waals surface area contributed by atoms with Crippen molar-refractivity contribution in [2.24, 2.45) is 11.8 Å². The quantitative estimate of drug-likeness (QED) is 0.917. The number of carbonyl (C=O) groups excluding carboxylic acids is 1. The van der Waals surface area contributed by atoms with E-state index in [4.69, 9.17) is 4.74 Å². The van der Waals surface area contributed by atoms with Crippen LogP contribution in [0.2, 0.25) is 0 Å². The number of amides is 1. The minimum absolute atomic E-state index is 0.180. The number of nitrogens with one attached hydrogen (secondary N) is 1. The molecule has 2 aliphatic rings. The smallest absolute Gasteiger partial charge is 0.227 e. The van der Waals surface area contributed by atoms with Gasteiger partial charge in [0.25, 0.3) is 0 Å². The van der Waals surface area contributed by atoms with E-state index >= 15 is 0 Å². The number of hydrogen-bond acceptors (Lipinski definition) is 5. The van der Waals surface area contributed by atoms with Crippen molar-refractivity contribution in [2.45, 2.75) is 32.3 Å². The van der Waals surface area contributed by atoms with Crippen LogP contribution in [0, 0.1) is 18.8 Å². The lowest BCUT2D eigenvalue weighted by atomic mass is 9.83. The lowest BCUT2D eigenvalue weighted by Crippen LogP contribution is -2.45. The van der Waals surface area contributed by atoms with E-state index in [2.05, 4.69) is 15.2 Å². The fourth-order valence-corrected chi connectivity index (χ4v) is 4.55. The molecular formula is C17H22N4O2S. The van der Waals surface area contributed by atoms with Crippen LogP contribution in [0.3, 0.4) is 0 Å². The Morgan fingerprint density at radius 3 is 3.21 bits per heavy atom. The molecule has 24 heavy (non-hydrogen) atoms. The largest absolute Gasteiger partial charge is 0.377 e. The van der Waals surface area contributed by atoms with E-state index in [1.807, 2.05) is 29.3 Å². The van der Waals surface area contributed by atoms with Gasteiger partial charge in [-0.3, -0.25) is 9.89 Å². The molecular weight excluding hydrogens is 324 g/mol. The summed E-state index contributed by atoms with van der Waals surface area (Å²) in [7, 11) is 0. The number of H-pyrrole nitrogens is 1. The zero-order chi connectivity index (χ0) is 16.5. The zero-order valence-corrected chi connectivity index (χ0v) is 14.6. The molecule has 0 radical (unpaired) electrons. The molecule has 1 amide bonds. The average molecular weight is 346 g/mol. The molecule has 3 atom stereocenters. The summed E-state index contributed by atoms with van der Waals surface area (Å²) >= 11 is 1.65. The third kappa shape index (κ3) is 3.23. The Kier molecular flexibility index (Phi) is 4.37.